The van der Waals surface area contributed by atoms with Crippen LogP contribution in [-0.2, 0) is 12.0 Å². The molecule has 1 rings (SSSR count). The monoisotopic (exact) mass is 253 g/mol. The van der Waals surface area contributed by atoms with Crippen molar-refractivity contribution in [1.29, 1.82) is 0 Å². The van der Waals surface area contributed by atoms with Crippen molar-refractivity contribution in [1.82, 2.24) is 4.90 Å². The van der Waals surface area contributed by atoms with Crippen LogP contribution in [0.3, 0.4) is 0 Å². The number of hydrogen-bond donors (Lipinski definition) is 1. The second-order valence-electron chi connectivity index (χ2n) is 5.44. The second kappa shape index (κ2) is 5.78. The Balaban J connectivity index is 3.05. The summed E-state index contributed by atoms with van der Waals surface area (Å²) in [5.74, 6) is 1.73. The fraction of sp³-hybridized carbons (Fsp3) is 0.571. The smallest absolute Gasteiger partial charge is 0.122 e. The van der Waals surface area contributed by atoms with Crippen molar-refractivity contribution in [2.24, 2.45) is 0 Å². The van der Waals surface area contributed by atoms with E-state index in [2.05, 4.69) is 63.5 Å². The van der Waals surface area contributed by atoms with E-state index in [4.69, 9.17) is 4.74 Å². The second-order valence-corrected chi connectivity index (χ2v) is 5.72. The highest BCUT2D eigenvalue weighted by Gasteiger charge is 2.19. The van der Waals surface area contributed by atoms with E-state index >= 15 is 0 Å². The van der Waals surface area contributed by atoms with Gasteiger partial charge >= 0.3 is 0 Å². The molecule has 0 unspecified atom stereocenters. The molecule has 1 aromatic carbocycles. The molecule has 1 aromatic rings. The molecule has 0 aliphatic heterocycles. The SMILES string of the molecule is COc1ccc(CN(C)CS)cc1C(C)(C)C. The normalized spacial score (nSPS) is 11.9. The van der Waals surface area contributed by atoms with Crippen LogP contribution in [-0.4, -0.2) is 24.9 Å². The molecule has 0 aliphatic rings. The fourth-order valence-corrected chi connectivity index (χ4v) is 1.90. The molecular formula is C14H23NOS. The third-order valence-electron chi connectivity index (χ3n) is 2.77. The molecule has 2 nitrogen and oxygen atoms in total. The molecule has 0 bridgehead atoms. The van der Waals surface area contributed by atoms with Gasteiger partial charge < -0.3 is 4.74 Å². The lowest BCUT2D eigenvalue weighted by Crippen LogP contribution is -2.17. The van der Waals surface area contributed by atoms with E-state index in [-0.39, 0.29) is 5.41 Å². The first-order valence-corrected chi connectivity index (χ1v) is 6.48. The summed E-state index contributed by atoms with van der Waals surface area (Å²) in [5.41, 5.74) is 2.65. The van der Waals surface area contributed by atoms with Crippen LogP contribution in [0.2, 0.25) is 0 Å². The van der Waals surface area contributed by atoms with E-state index < -0.39 is 0 Å². The number of hydrogen-bond acceptors (Lipinski definition) is 3. The van der Waals surface area contributed by atoms with Crippen LogP contribution in [0.25, 0.3) is 0 Å². The number of nitrogens with zero attached hydrogens (tertiary/aromatic N) is 1. The molecule has 0 amide bonds. The summed E-state index contributed by atoms with van der Waals surface area (Å²) in [4.78, 5) is 2.16. The summed E-state index contributed by atoms with van der Waals surface area (Å²) in [6.45, 7) is 7.53. The van der Waals surface area contributed by atoms with E-state index in [9.17, 15) is 0 Å². The molecule has 0 aliphatic carbocycles. The highest BCUT2D eigenvalue weighted by molar-refractivity contribution is 7.80. The third kappa shape index (κ3) is 3.93. The predicted molar refractivity (Wildman–Crippen MR) is 77.0 cm³/mol. The lowest BCUT2D eigenvalue weighted by molar-refractivity contribution is 0.382. The van der Waals surface area contributed by atoms with Crippen molar-refractivity contribution >= 4 is 12.6 Å². The van der Waals surface area contributed by atoms with Crippen LogP contribution in [0.4, 0.5) is 0 Å². The summed E-state index contributed by atoms with van der Waals surface area (Å²) < 4.78 is 5.43. The molecule has 0 heterocycles. The summed E-state index contributed by atoms with van der Waals surface area (Å²) >= 11 is 4.27. The van der Waals surface area contributed by atoms with Crippen molar-refractivity contribution < 1.29 is 4.74 Å². The number of ether oxygens (including phenoxy) is 1. The fourth-order valence-electron chi connectivity index (χ4n) is 1.80. The van der Waals surface area contributed by atoms with Gasteiger partial charge in [0.1, 0.15) is 5.75 Å². The minimum absolute atomic E-state index is 0.0981. The van der Waals surface area contributed by atoms with Crippen molar-refractivity contribution in [2.45, 2.75) is 32.7 Å². The highest BCUT2D eigenvalue weighted by Crippen LogP contribution is 2.32. The van der Waals surface area contributed by atoms with Crippen LogP contribution in [0.15, 0.2) is 18.2 Å². The summed E-state index contributed by atoms with van der Waals surface area (Å²) in [6, 6.07) is 6.41. The molecule has 96 valence electrons. The maximum Gasteiger partial charge on any atom is 0.122 e. The Morgan fingerprint density at radius 1 is 1.29 bits per heavy atom. The highest BCUT2D eigenvalue weighted by atomic mass is 32.1. The number of rotatable bonds is 4. The topological polar surface area (TPSA) is 12.5 Å². The Labute approximate surface area is 110 Å². The molecule has 17 heavy (non-hydrogen) atoms. The van der Waals surface area contributed by atoms with Gasteiger partial charge in [0.2, 0.25) is 0 Å². The zero-order chi connectivity index (χ0) is 13.1. The molecule has 3 heteroatoms. The van der Waals surface area contributed by atoms with Crippen molar-refractivity contribution in [3.05, 3.63) is 29.3 Å². The lowest BCUT2D eigenvalue weighted by Gasteiger charge is -2.23. The van der Waals surface area contributed by atoms with Gasteiger partial charge in [-0.2, -0.15) is 12.6 Å². The largest absolute Gasteiger partial charge is 0.496 e. The first-order chi connectivity index (χ1) is 7.88. The number of benzene rings is 1. The maximum absolute atomic E-state index is 5.43. The minimum atomic E-state index is 0.0981. The van der Waals surface area contributed by atoms with Gasteiger partial charge in [-0.1, -0.05) is 32.9 Å². The van der Waals surface area contributed by atoms with Crippen molar-refractivity contribution in [2.75, 3.05) is 20.0 Å². The average molecular weight is 253 g/mol. The molecule has 0 fully saturated rings. The molecule has 0 spiro atoms. The van der Waals surface area contributed by atoms with Gasteiger partial charge in [-0.25, -0.2) is 0 Å². The molecule has 0 aromatic heterocycles. The van der Waals surface area contributed by atoms with E-state index in [1.165, 1.54) is 11.1 Å². The van der Waals surface area contributed by atoms with E-state index in [0.717, 1.165) is 18.2 Å². The quantitative estimate of drug-likeness (QED) is 0.653. The molecular weight excluding hydrogens is 230 g/mol. The minimum Gasteiger partial charge on any atom is -0.496 e. The Morgan fingerprint density at radius 3 is 2.41 bits per heavy atom. The lowest BCUT2D eigenvalue weighted by atomic mass is 9.85. The van der Waals surface area contributed by atoms with Gasteiger partial charge in [-0.15, -0.1) is 0 Å². The van der Waals surface area contributed by atoms with Gasteiger partial charge in [0.05, 0.1) is 7.11 Å². The van der Waals surface area contributed by atoms with Gasteiger partial charge in [0.25, 0.3) is 0 Å². The van der Waals surface area contributed by atoms with Crippen molar-refractivity contribution in [3.8, 4) is 5.75 Å². The summed E-state index contributed by atoms with van der Waals surface area (Å²) in [6.07, 6.45) is 0. The predicted octanol–water partition coefficient (Wildman–Crippen LogP) is 3.31. The van der Waals surface area contributed by atoms with E-state index in [0.29, 0.717) is 0 Å². The van der Waals surface area contributed by atoms with E-state index in [1.54, 1.807) is 7.11 Å². The Morgan fingerprint density at radius 2 is 1.94 bits per heavy atom. The van der Waals surface area contributed by atoms with Gasteiger partial charge in [-0.3, -0.25) is 4.90 Å². The first kappa shape index (κ1) is 14.4. The van der Waals surface area contributed by atoms with Gasteiger partial charge in [-0.05, 0) is 29.7 Å². The molecule has 0 saturated carbocycles. The zero-order valence-corrected chi connectivity index (χ0v) is 12.3. The van der Waals surface area contributed by atoms with E-state index in [1.807, 2.05) is 0 Å². The third-order valence-corrected chi connectivity index (χ3v) is 3.25. The molecule has 0 N–H and O–H groups in total. The van der Waals surface area contributed by atoms with Crippen LogP contribution in [0.5, 0.6) is 5.75 Å². The Kier molecular flexibility index (Phi) is 4.90. The Bertz CT molecular complexity index is 371. The molecule has 0 saturated heterocycles. The average Bonchev–Trinajstić information content (AvgIpc) is 2.27. The number of methoxy groups -OCH3 is 1. The van der Waals surface area contributed by atoms with Gasteiger partial charge in [0, 0.05) is 12.4 Å². The van der Waals surface area contributed by atoms with Gasteiger partial charge in [0.15, 0.2) is 0 Å². The standard InChI is InChI=1S/C14H23NOS/c1-14(2,3)12-8-11(9-15(4)10-17)6-7-13(12)16-5/h6-8,17H,9-10H2,1-5H3. The zero-order valence-electron chi connectivity index (χ0n) is 11.4. The van der Waals surface area contributed by atoms with Crippen LogP contribution < -0.4 is 4.74 Å². The van der Waals surface area contributed by atoms with Crippen molar-refractivity contribution in [3.63, 3.8) is 0 Å². The van der Waals surface area contributed by atoms with Crippen LogP contribution in [0.1, 0.15) is 31.9 Å². The maximum atomic E-state index is 5.43. The summed E-state index contributed by atoms with van der Waals surface area (Å²) in [5, 5.41) is 0. The molecule has 0 atom stereocenters. The number of thiol groups is 1. The Hall–Kier alpha value is -0.670. The summed E-state index contributed by atoms with van der Waals surface area (Å²) in [7, 11) is 3.79. The first-order valence-electron chi connectivity index (χ1n) is 5.85. The van der Waals surface area contributed by atoms with Crippen LogP contribution in [0, 0.1) is 0 Å². The molecule has 0 radical (unpaired) electrons. The van der Waals surface area contributed by atoms with Crippen LogP contribution >= 0.6 is 12.6 Å².